The van der Waals surface area contributed by atoms with Crippen LogP contribution in [0.25, 0.3) is 22.3 Å². The molecule has 0 saturated carbocycles. The Morgan fingerprint density at radius 1 is 0.875 bits per heavy atom. The van der Waals surface area contributed by atoms with E-state index in [1.807, 2.05) is 0 Å². The van der Waals surface area contributed by atoms with Crippen LogP contribution in [0.3, 0.4) is 0 Å². The summed E-state index contributed by atoms with van der Waals surface area (Å²) >= 11 is 7.20. The number of hydrogen-bond donors (Lipinski definition) is 1. The van der Waals surface area contributed by atoms with Gasteiger partial charge in [0.2, 0.25) is 5.13 Å². The van der Waals surface area contributed by atoms with E-state index in [2.05, 4.69) is 25.1 Å². The van der Waals surface area contributed by atoms with Gasteiger partial charge in [0.15, 0.2) is 0 Å². The number of benzene rings is 3. The van der Waals surface area contributed by atoms with Gasteiger partial charge in [0.25, 0.3) is 10.0 Å². The Morgan fingerprint density at radius 2 is 1.62 bits per heavy atom. The first-order chi connectivity index (χ1) is 19.0. The summed E-state index contributed by atoms with van der Waals surface area (Å²) in [6.45, 7) is 0. The largest absolute Gasteiger partial charge is 0.455 e. The van der Waals surface area contributed by atoms with E-state index in [0.29, 0.717) is 22.3 Å². The summed E-state index contributed by atoms with van der Waals surface area (Å²) in [4.78, 5) is -0.726. The average molecular weight is 608 g/mol. The van der Waals surface area contributed by atoms with Crippen molar-refractivity contribution in [3.05, 3.63) is 95.0 Å². The van der Waals surface area contributed by atoms with Crippen LogP contribution in [0.2, 0.25) is 5.02 Å². The maximum Gasteiger partial charge on any atom is 0.416 e. The van der Waals surface area contributed by atoms with Crippen molar-refractivity contribution in [2.24, 2.45) is 0 Å². The van der Waals surface area contributed by atoms with Crippen molar-refractivity contribution in [3.8, 4) is 33.8 Å². The number of anilines is 1. The molecular formula is C25H14ClF4N5O3S2. The van der Waals surface area contributed by atoms with Gasteiger partial charge in [0.05, 0.1) is 23.0 Å². The van der Waals surface area contributed by atoms with E-state index < -0.39 is 32.5 Å². The van der Waals surface area contributed by atoms with Crippen LogP contribution in [0.4, 0.5) is 22.7 Å². The van der Waals surface area contributed by atoms with Crippen molar-refractivity contribution in [3.63, 3.8) is 0 Å². The SMILES string of the molecule is O=S(=O)(Nc1nncs1)c1cc(Cl)c(Oc2ccc(-c3ccc(C(F)(F)F)cc3)cc2-c2ccnnc2)cc1F. The van der Waals surface area contributed by atoms with Crippen molar-refractivity contribution in [2.75, 3.05) is 4.72 Å². The second-order valence-corrected chi connectivity index (χ2v) is 11.0. The van der Waals surface area contributed by atoms with Crippen LogP contribution in [-0.4, -0.2) is 28.8 Å². The van der Waals surface area contributed by atoms with Gasteiger partial charge >= 0.3 is 6.18 Å². The number of sulfonamides is 1. The molecule has 0 atom stereocenters. The third kappa shape index (κ3) is 5.88. The molecule has 3 aromatic carbocycles. The minimum Gasteiger partial charge on any atom is -0.455 e. The average Bonchev–Trinajstić information content (AvgIpc) is 3.43. The number of nitrogens with one attached hydrogen (secondary N) is 1. The second kappa shape index (κ2) is 10.8. The summed E-state index contributed by atoms with van der Waals surface area (Å²) < 4.78 is 87.3. The van der Waals surface area contributed by atoms with E-state index in [4.69, 9.17) is 16.3 Å². The van der Waals surface area contributed by atoms with Gasteiger partial charge < -0.3 is 4.74 Å². The van der Waals surface area contributed by atoms with Crippen LogP contribution in [0.5, 0.6) is 11.5 Å². The molecular weight excluding hydrogens is 594 g/mol. The van der Waals surface area contributed by atoms with Crippen molar-refractivity contribution in [1.29, 1.82) is 0 Å². The Morgan fingerprint density at radius 3 is 2.27 bits per heavy atom. The third-order valence-corrected chi connectivity index (χ3v) is 7.88. The summed E-state index contributed by atoms with van der Waals surface area (Å²) in [5.41, 5.74) is 2.57. The molecule has 5 rings (SSSR count). The highest BCUT2D eigenvalue weighted by molar-refractivity contribution is 7.93. The van der Waals surface area contributed by atoms with Crippen molar-refractivity contribution < 1.29 is 30.7 Å². The summed E-state index contributed by atoms with van der Waals surface area (Å²) in [6.07, 6.45) is -1.60. The Labute approximate surface area is 233 Å². The van der Waals surface area contributed by atoms with Crippen LogP contribution in [0.1, 0.15) is 5.56 Å². The first-order valence-corrected chi connectivity index (χ1v) is 13.8. The second-order valence-electron chi connectivity index (χ2n) is 8.08. The molecule has 0 fully saturated rings. The van der Waals surface area contributed by atoms with Gasteiger partial charge in [-0.25, -0.2) is 12.8 Å². The lowest BCUT2D eigenvalue weighted by molar-refractivity contribution is -0.137. The number of alkyl halides is 3. The molecule has 0 radical (unpaired) electrons. The van der Waals surface area contributed by atoms with E-state index in [-0.39, 0.29) is 21.7 Å². The molecule has 40 heavy (non-hydrogen) atoms. The van der Waals surface area contributed by atoms with Gasteiger partial charge in [-0.2, -0.15) is 23.4 Å². The first-order valence-electron chi connectivity index (χ1n) is 11.1. The monoisotopic (exact) mass is 607 g/mol. The highest BCUT2D eigenvalue weighted by Gasteiger charge is 2.30. The summed E-state index contributed by atoms with van der Waals surface area (Å²) in [7, 11) is -4.37. The van der Waals surface area contributed by atoms with Crippen LogP contribution in [-0.2, 0) is 16.2 Å². The fourth-order valence-electron chi connectivity index (χ4n) is 3.63. The predicted molar refractivity (Wildman–Crippen MR) is 140 cm³/mol. The molecule has 0 aliphatic carbocycles. The molecule has 0 aliphatic rings. The first kappa shape index (κ1) is 27.4. The zero-order valence-electron chi connectivity index (χ0n) is 19.7. The van der Waals surface area contributed by atoms with E-state index in [1.54, 1.807) is 18.2 Å². The van der Waals surface area contributed by atoms with Crippen LogP contribution >= 0.6 is 22.9 Å². The fraction of sp³-hybridized carbons (Fsp3) is 0.0400. The number of ether oxygens (including phenoxy) is 1. The summed E-state index contributed by atoms with van der Waals surface area (Å²) in [5.74, 6) is -1.13. The molecule has 0 amide bonds. The minimum absolute atomic E-state index is 0.0559. The lowest BCUT2D eigenvalue weighted by Gasteiger charge is -2.15. The Balaban J connectivity index is 1.51. The molecule has 5 aromatic rings. The van der Waals surface area contributed by atoms with Gasteiger partial charge in [-0.3, -0.25) is 4.72 Å². The summed E-state index contributed by atoms with van der Waals surface area (Å²) in [5, 5.41) is 14.4. The molecule has 2 aromatic heterocycles. The minimum atomic E-state index is -4.47. The fourth-order valence-corrected chi connectivity index (χ4v) is 5.67. The number of aromatic nitrogens is 4. The molecule has 0 aliphatic heterocycles. The molecule has 1 N–H and O–H groups in total. The van der Waals surface area contributed by atoms with Crippen molar-refractivity contribution in [1.82, 2.24) is 20.4 Å². The van der Waals surface area contributed by atoms with E-state index in [1.165, 1.54) is 36.1 Å². The molecule has 0 bridgehead atoms. The number of halogens is 5. The maximum absolute atomic E-state index is 15.0. The highest BCUT2D eigenvalue weighted by Crippen LogP contribution is 2.40. The van der Waals surface area contributed by atoms with E-state index >= 15 is 0 Å². The zero-order valence-corrected chi connectivity index (χ0v) is 22.1. The predicted octanol–water partition coefficient (Wildman–Crippen LogP) is 7.07. The quantitative estimate of drug-likeness (QED) is 0.197. The van der Waals surface area contributed by atoms with Crippen molar-refractivity contribution in [2.45, 2.75) is 11.1 Å². The smallest absolute Gasteiger partial charge is 0.416 e. The van der Waals surface area contributed by atoms with Crippen LogP contribution < -0.4 is 9.46 Å². The third-order valence-electron chi connectivity index (χ3n) is 5.50. The standard InChI is InChI=1S/C25H14ClF4N5O3S2/c26-19-10-23(40(36,37)35-24-34-33-13-39-24)20(27)11-22(19)38-21-6-3-15(9-18(21)16-7-8-31-32-12-16)14-1-4-17(5-2-14)25(28,29)30/h1-13H,(H,34,35). The highest BCUT2D eigenvalue weighted by atomic mass is 35.5. The van der Waals surface area contributed by atoms with Gasteiger partial charge in [-0.05, 0) is 47.5 Å². The van der Waals surface area contributed by atoms with Crippen LogP contribution in [0.15, 0.2) is 83.5 Å². The van der Waals surface area contributed by atoms with Crippen LogP contribution in [0, 0.1) is 5.82 Å². The zero-order chi connectivity index (χ0) is 28.5. The lowest BCUT2D eigenvalue weighted by Crippen LogP contribution is -2.14. The normalized spacial score (nSPS) is 11.8. The molecule has 8 nitrogen and oxygen atoms in total. The Bertz CT molecular complexity index is 1770. The molecule has 0 saturated heterocycles. The Hall–Kier alpha value is -4.14. The molecule has 15 heteroatoms. The topological polar surface area (TPSA) is 107 Å². The molecule has 0 unspecified atom stereocenters. The van der Waals surface area contributed by atoms with Crippen molar-refractivity contribution >= 4 is 38.1 Å². The summed E-state index contributed by atoms with van der Waals surface area (Å²) in [6, 6.07) is 12.8. The number of nitrogens with zero attached hydrogens (tertiary/aromatic N) is 4. The number of hydrogen-bond acceptors (Lipinski definition) is 8. The van der Waals surface area contributed by atoms with Gasteiger partial charge in [0, 0.05) is 17.2 Å². The molecule has 0 spiro atoms. The van der Waals surface area contributed by atoms with E-state index in [9.17, 15) is 26.0 Å². The number of rotatable bonds is 7. The Kier molecular flexibility index (Phi) is 7.40. The van der Waals surface area contributed by atoms with Gasteiger partial charge in [-0.1, -0.05) is 41.1 Å². The van der Waals surface area contributed by atoms with E-state index in [0.717, 1.165) is 35.6 Å². The van der Waals surface area contributed by atoms with Gasteiger partial charge in [0.1, 0.15) is 27.7 Å². The van der Waals surface area contributed by atoms with Gasteiger partial charge in [-0.15, -0.1) is 10.2 Å². The lowest BCUT2D eigenvalue weighted by atomic mass is 9.98. The molecule has 204 valence electrons. The molecule has 2 heterocycles. The maximum atomic E-state index is 15.0.